The number of piperidine rings is 1. The van der Waals surface area contributed by atoms with Crippen molar-refractivity contribution in [2.75, 3.05) is 26.2 Å². The monoisotopic (exact) mass is 307 g/mol. The largest absolute Gasteiger partial charge is 0.311 e. The van der Waals surface area contributed by atoms with Crippen molar-refractivity contribution < 1.29 is 9.59 Å². The summed E-state index contributed by atoms with van der Waals surface area (Å²) in [6.45, 7) is 6.06. The Morgan fingerprint density at radius 2 is 2.05 bits per heavy atom. The fourth-order valence-corrected chi connectivity index (χ4v) is 4.39. The van der Waals surface area contributed by atoms with Crippen molar-refractivity contribution in [1.29, 1.82) is 0 Å². The van der Waals surface area contributed by atoms with Gasteiger partial charge in [0.15, 0.2) is 0 Å². The summed E-state index contributed by atoms with van der Waals surface area (Å²) in [5.74, 6) is 0.136. The summed E-state index contributed by atoms with van der Waals surface area (Å²) >= 11 is 0. The summed E-state index contributed by atoms with van der Waals surface area (Å²) < 4.78 is 0. The Morgan fingerprint density at radius 3 is 2.77 bits per heavy atom. The second-order valence-corrected chi connectivity index (χ2v) is 6.99. The highest BCUT2D eigenvalue weighted by atomic mass is 16.2. The fourth-order valence-electron chi connectivity index (χ4n) is 4.39. The number of fused-ring (bicyclic) bond motifs is 1. The van der Waals surface area contributed by atoms with Crippen molar-refractivity contribution in [3.63, 3.8) is 0 Å². The van der Waals surface area contributed by atoms with Gasteiger partial charge < -0.3 is 10.2 Å². The molecule has 3 aliphatic rings. The molecule has 0 saturated carbocycles. The normalized spacial score (nSPS) is 32.5. The summed E-state index contributed by atoms with van der Waals surface area (Å²) in [6, 6.07) is 0.310. The molecule has 3 heterocycles. The van der Waals surface area contributed by atoms with Crippen LogP contribution in [0.4, 0.5) is 0 Å². The Bertz CT molecular complexity index is 420. The zero-order valence-corrected chi connectivity index (χ0v) is 13.7. The van der Waals surface area contributed by atoms with Crippen molar-refractivity contribution in [3.05, 3.63) is 0 Å². The van der Waals surface area contributed by atoms with Crippen LogP contribution in [0.15, 0.2) is 0 Å². The first-order valence-corrected chi connectivity index (χ1v) is 9.04. The molecule has 2 amide bonds. The summed E-state index contributed by atoms with van der Waals surface area (Å²) in [7, 11) is 0. The lowest BCUT2D eigenvalue weighted by atomic mass is 9.95. The van der Waals surface area contributed by atoms with Crippen LogP contribution < -0.4 is 5.32 Å². The van der Waals surface area contributed by atoms with E-state index in [2.05, 4.69) is 17.1 Å². The lowest BCUT2D eigenvalue weighted by Crippen LogP contribution is -2.42. The van der Waals surface area contributed by atoms with E-state index in [-0.39, 0.29) is 29.8 Å². The SMILES string of the molecule is CCCC1C(=O)N(C(=O)CCN2CCCCC2)C2CCNC12. The highest BCUT2D eigenvalue weighted by Gasteiger charge is 2.51. The first-order valence-electron chi connectivity index (χ1n) is 9.04. The topological polar surface area (TPSA) is 52.7 Å². The number of nitrogens with zero attached hydrogens (tertiary/aromatic N) is 2. The van der Waals surface area contributed by atoms with E-state index in [4.69, 9.17) is 0 Å². The van der Waals surface area contributed by atoms with E-state index in [1.54, 1.807) is 4.90 Å². The molecule has 0 aliphatic carbocycles. The first-order chi connectivity index (χ1) is 10.7. The van der Waals surface area contributed by atoms with Gasteiger partial charge in [-0.15, -0.1) is 0 Å². The van der Waals surface area contributed by atoms with E-state index in [0.29, 0.717) is 6.42 Å². The molecule has 0 aromatic carbocycles. The van der Waals surface area contributed by atoms with Gasteiger partial charge in [-0.1, -0.05) is 19.8 Å². The third kappa shape index (κ3) is 3.06. The Balaban J connectivity index is 1.59. The standard InChI is InChI=1S/C17H29N3O2/c1-2-6-13-16-14(7-9-18-16)20(17(13)22)15(21)8-12-19-10-4-3-5-11-19/h13-14,16,18H,2-12H2,1H3. The Kier molecular flexibility index (Phi) is 5.14. The van der Waals surface area contributed by atoms with Crippen LogP contribution in [0.1, 0.15) is 51.9 Å². The average molecular weight is 307 g/mol. The van der Waals surface area contributed by atoms with E-state index in [0.717, 1.165) is 45.4 Å². The molecule has 3 saturated heterocycles. The predicted octanol–water partition coefficient (Wildman–Crippen LogP) is 1.38. The molecule has 3 atom stereocenters. The van der Waals surface area contributed by atoms with Crippen molar-refractivity contribution >= 4 is 11.8 Å². The molecule has 3 aliphatic heterocycles. The summed E-state index contributed by atoms with van der Waals surface area (Å²) in [6.07, 6.45) is 7.09. The lowest BCUT2D eigenvalue weighted by Gasteiger charge is -2.27. The van der Waals surface area contributed by atoms with E-state index in [1.165, 1.54) is 19.3 Å². The van der Waals surface area contributed by atoms with E-state index >= 15 is 0 Å². The lowest BCUT2D eigenvalue weighted by molar-refractivity contribution is -0.145. The van der Waals surface area contributed by atoms with Crippen molar-refractivity contribution in [2.24, 2.45) is 5.92 Å². The van der Waals surface area contributed by atoms with Gasteiger partial charge in [0.25, 0.3) is 0 Å². The number of carbonyl (C=O) groups excluding carboxylic acids is 2. The minimum Gasteiger partial charge on any atom is -0.311 e. The Morgan fingerprint density at radius 1 is 1.27 bits per heavy atom. The van der Waals surface area contributed by atoms with Crippen LogP contribution in [0.25, 0.3) is 0 Å². The maximum atomic E-state index is 12.7. The molecule has 124 valence electrons. The van der Waals surface area contributed by atoms with Gasteiger partial charge in [-0.05, 0) is 45.3 Å². The Hall–Kier alpha value is -0.940. The number of imide groups is 1. The summed E-state index contributed by atoms with van der Waals surface area (Å²) in [5, 5.41) is 3.45. The van der Waals surface area contributed by atoms with Gasteiger partial charge >= 0.3 is 0 Å². The maximum Gasteiger partial charge on any atom is 0.234 e. The molecule has 1 N–H and O–H groups in total. The van der Waals surface area contributed by atoms with Crippen LogP contribution in [-0.4, -0.2) is 59.9 Å². The van der Waals surface area contributed by atoms with E-state index in [9.17, 15) is 9.59 Å². The molecule has 5 nitrogen and oxygen atoms in total. The highest BCUT2D eigenvalue weighted by molar-refractivity contribution is 5.99. The average Bonchev–Trinajstić information content (AvgIpc) is 3.09. The number of amides is 2. The maximum absolute atomic E-state index is 12.7. The quantitative estimate of drug-likeness (QED) is 0.834. The van der Waals surface area contributed by atoms with Crippen molar-refractivity contribution in [2.45, 2.75) is 64.0 Å². The smallest absolute Gasteiger partial charge is 0.234 e. The van der Waals surface area contributed by atoms with Gasteiger partial charge in [0, 0.05) is 19.0 Å². The number of hydrogen-bond acceptors (Lipinski definition) is 4. The second kappa shape index (κ2) is 7.09. The third-order valence-electron chi connectivity index (χ3n) is 5.51. The zero-order valence-electron chi connectivity index (χ0n) is 13.7. The zero-order chi connectivity index (χ0) is 15.5. The van der Waals surface area contributed by atoms with E-state index in [1.807, 2.05) is 0 Å². The first kappa shape index (κ1) is 15.9. The van der Waals surface area contributed by atoms with Gasteiger partial charge in [-0.25, -0.2) is 0 Å². The fraction of sp³-hybridized carbons (Fsp3) is 0.882. The number of rotatable bonds is 5. The Labute approximate surface area is 133 Å². The minimum atomic E-state index is 0.0106. The predicted molar refractivity (Wildman–Crippen MR) is 85.4 cm³/mol. The minimum absolute atomic E-state index is 0.0106. The molecule has 0 radical (unpaired) electrons. The van der Waals surface area contributed by atoms with Crippen LogP contribution in [0.3, 0.4) is 0 Å². The molecular formula is C17H29N3O2. The van der Waals surface area contributed by atoms with Gasteiger partial charge in [0.05, 0.1) is 12.0 Å². The summed E-state index contributed by atoms with van der Waals surface area (Å²) in [4.78, 5) is 29.3. The van der Waals surface area contributed by atoms with Crippen molar-refractivity contribution in [1.82, 2.24) is 15.1 Å². The van der Waals surface area contributed by atoms with E-state index < -0.39 is 0 Å². The number of likely N-dealkylation sites (tertiary alicyclic amines) is 2. The molecule has 0 aromatic rings. The number of hydrogen-bond donors (Lipinski definition) is 1. The van der Waals surface area contributed by atoms with Crippen LogP contribution in [-0.2, 0) is 9.59 Å². The van der Waals surface area contributed by atoms with Crippen LogP contribution in [0.2, 0.25) is 0 Å². The van der Waals surface area contributed by atoms with Crippen molar-refractivity contribution in [3.8, 4) is 0 Å². The van der Waals surface area contributed by atoms with Gasteiger partial charge in [-0.3, -0.25) is 14.5 Å². The van der Waals surface area contributed by atoms with Gasteiger partial charge in [0.2, 0.25) is 11.8 Å². The van der Waals surface area contributed by atoms with Crippen LogP contribution in [0.5, 0.6) is 0 Å². The molecule has 3 unspecified atom stereocenters. The van der Waals surface area contributed by atoms with Gasteiger partial charge in [-0.2, -0.15) is 0 Å². The number of nitrogens with one attached hydrogen (secondary N) is 1. The van der Waals surface area contributed by atoms with Crippen LogP contribution in [0, 0.1) is 5.92 Å². The number of carbonyl (C=O) groups is 2. The molecule has 22 heavy (non-hydrogen) atoms. The summed E-state index contributed by atoms with van der Waals surface area (Å²) in [5.41, 5.74) is 0. The molecule has 3 fully saturated rings. The molecule has 3 rings (SSSR count). The molecule has 0 spiro atoms. The molecule has 0 bridgehead atoms. The molecule has 0 aromatic heterocycles. The second-order valence-electron chi connectivity index (χ2n) is 6.99. The molecular weight excluding hydrogens is 278 g/mol. The highest BCUT2D eigenvalue weighted by Crippen LogP contribution is 2.34. The molecule has 5 heteroatoms. The third-order valence-corrected chi connectivity index (χ3v) is 5.51. The van der Waals surface area contributed by atoms with Crippen LogP contribution >= 0.6 is 0 Å². The van der Waals surface area contributed by atoms with Gasteiger partial charge in [0.1, 0.15) is 0 Å².